The Bertz CT molecular complexity index is 1010. The summed E-state index contributed by atoms with van der Waals surface area (Å²) < 4.78 is 42.4. The summed E-state index contributed by atoms with van der Waals surface area (Å²) >= 11 is 0. The number of hydrogen-bond donors (Lipinski definition) is 0. The standard InChI is InChI=1S/C24H25BF3.C16H36N/c1-2-3-4-5-18-25(19-6-12-22(26)13-7-19,20-8-14-23(27)15-9-20)21-10-16-24(28)17-11-21;1-5-9-13-17(14-10-6-2,15-11-7-3)16-12-8-4/h6-17H,2-5,18H2,1H3;5-16H2,1-4H3/q-1;+1. The van der Waals surface area contributed by atoms with Gasteiger partial charge in [-0.25, -0.2) is 13.2 Å². The molecule has 1 nitrogen and oxygen atoms in total. The van der Waals surface area contributed by atoms with Gasteiger partial charge in [-0.15, -0.1) is 0 Å². The highest BCUT2D eigenvalue weighted by molar-refractivity contribution is 7.11. The van der Waals surface area contributed by atoms with Crippen LogP contribution < -0.4 is 16.4 Å². The van der Waals surface area contributed by atoms with E-state index in [1.165, 1.54) is 118 Å². The summed E-state index contributed by atoms with van der Waals surface area (Å²) in [7, 11) is 0. The molecule has 0 spiro atoms. The van der Waals surface area contributed by atoms with Gasteiger partial charge in [-0.3, -0.25) is 0 Å². The van der Waals surface area contributed by atoms with Crippen LogP contribution in [0.1, 0.15) is 112 Å². The average Bonchev–Trinajstić information content (AvgIpc) is 3.06. The molecule has 3 rings (SSSR count). The summed E-state index contributed by atoms with van der Waals surface area (Å²) in [5.74, 6) is -0.882. The molecule has 0 radical (unpaired) electrons. The van der Waals surface area contributed by atoms with E-state index in [0.29, 0.717) is 0 Å². The van der Waals surface area contributed by atoms with Gasteiger partial charge in [0, 0.05) is 0 Å². The van der Waals surface area contributed by atoms with Crippen LogP contribution in [-0.2, 0) is 0 Å². The zero-order valence-electron chi connectivity index (χ0n) is 29.1. The third-order valence-corrected chi connectivity index (χ3v) is 9.75. The highest BCUT2D eigenvalue weighted by Crippen LogP contribution is 2.19. The van der Waals surface area contributed by atoms with Crippen LogP contribution in [0.4, 0.5) is 13.2 Å². The predicted octanol–water partition coefficient (Wildman–Crippen LogP) is 10.2. The van der Waals surface area contributed by atoms with Crippen molar-refractivity contribution in [2.45, 2.75) is 118 Å². The second kappa shape index (κ2) is 21.3. The number of hydrogen-bond acceptors (Lipinski definition) is 0. The van der Waals surface area contributed by atoms with E-state index < -0.39 is 6.15 Å². The van der Waals surface area contributed by atoms with Crippen molar-refractivity contribution in [2.24, 2.45) is 0 Å². The minimum Gasteiger partial charge on any atom is -0.324 e. The van der Waals surface area contributed by atoms with Crippen LogP contribution in [0, 0.1) is 17.5 Å². The number of halogens is 3. The smallest absolute Gasteiger partial charge is 0.122 e. The number of nitrogens with zero attached hydrogens (tertiary/aromatic N) is 1. The lowest BCUT2D eigenvalue weighted by molar-refractivity contribution is -0.929. The fourth-order valence-electron chi connectivity index (χ4n) is 6.97. The van der Waals surface area contributed by atoms with Gasteiger partial charge in [-0.1, -0.05) is 122 Å². The van der Waals surface area contributed by atoms with E-state index in [0.717, 1.165) is 48.4 Å². The summed E-state index contributed by atoms with van der Waals surface area (Å²) in [4.78, 5) is 0. The Labute approximate surface area is 274 Å². The number of unbranched alkanes of at least 4 members (excludes halogenated alkanes) is 7. The van der Waals surface area contributed by atoms with Gasteiger partial charge in [0.05, 0.1) is 32.3 Å². The van der Waals surface area contributed by atoms with Gasteiger partial charge >= 0.3 is 0 Å². The highest BCUT2D eigenvalue weighted by Gasteiger charge is 2.30. The molecule has 3 aromatic rings. The van der Waals surface area contributed by atoms with E-state index in [1.54, 1.807) is 0 Å². The van der Waals surface area contributed by atoms with Gasteiger partial charge < -0.3 is 4.48 Å². The monoisotopic (exact) mass is 623 g/mol. The van der Waals surface area contributed by atoms with Crippen molar-refractivity contribution in [3.8, 4) is 0 Å². The first kappa shape index (κ1) is 38.7. The van der Waals surface area contributed by atoms with Gasteiger partial charge in [0.25, 0.3) is 0 Å². The lowest BCUT2D eigenvalue weighted by Crippen LogP contribution is -2.67. The number of rotatable bonds is 20. The summed E-state index contributed by atoms with van der Waals surface area (Å²) in [5.41, 5.74) is 2.95. The number of quaternary nitrogens is 1. The molecule has 3 aromatic carbocycles. The first-order valence-corrected chi connectivity index (χ1v) is 18.1. The molecule has 0 aliphatic heterocycles. The van der Waals surface area contributed by atoms with Crippen LogP contribution in [0.3, 0.4) is 0 Å². The largest absolute Gasteiger partial charge is 0.324 e. The van der Waals surface area contributed by atoms with Crippen LogP contribution in [-0.4, -0.2) is 36.8 Å². The normalized spacial score (nSPS) is 11.7. The molecule has 0 aliphatic carbocycles. The molecule has 0 bridgehead atoms. The van der Waals surface area contributed by atoms with Crippen molar-refractivity contribution in [1.29, 1.82) is 0 Å². The maximum atomic E-state index is 13.6. The van der Waals surface area contributed by atoms with Gasteiger partial charge in [0.15, 0.2) is 0 Å². The van der Waals surface area contributed by atoms with Gasteiger partial charge in [0.1, 0.15) is 17.5 Å². The van der Waals surface area contributed by atoms with Crippen molar-refractivity contribution in [3.63, 3.8) is 0 Å². The van der Waals surface area contributed by atoms with Crippen LogP contribution in [0.5, 0.6) is 0 Å². The Morgan fingerprint density at radius 3 is 0.956 bits per heavy atom. The first-order chi connectivity index (χ1) is 21.8. The highest BCUT2D eigenvalue weighted by atomic mass is 19.1. The average molecular weight is 624 g/mol. The maximum absolute atomic E-state index is 13.6. The Hall–Kier alpha value is -2.53. The summed E-state index contributed by atoms with van der Waals surface area (Å²) in [6.07, 6.45) is 14.8. The Morgan fingerprint density at radius 2 is 0.689 bits per heavy atom. The van der Waals surface area contributed by atoms with Crippen molar-refractivity contribution >= 4 is 22.5 Å². The molecule has 0 saturated heterocycles. The molecule has 0 unspecified atom stereocenters. The Morgan fingerprint density at radius 1 is 0.400 bits per heavy atom. The fraction of sp³-hybridized carbons (Fsp3) is 0.550. The minimum atomic E-state index is -1.47. The predicted molar refractivity (Wildman–Crippen MR) is 192 cm³/mol. The number of benzene rings is 3. The molecule has 0 N–H and O–H groups in total. The lowest BCUT2D eigenvalue weighted by Gasteiger charge is -2.43. The van der Waals surface area contributed by atoms with Gasteiger partial charge in [0.2, 0.25) is 0 Å². The van der Waals surface area contributed by atoms with Crippen LogP contribution in [0.25, 0.3) is 0 Å². The van der Waals surface area contributed by atoms with Crippen molar-refractivity contribution in [1.82, 2.24) is 0 Å². The quantitative estimate of drug-likeness (QED) is 0.0668. The van der Waals surface area contributed by atoms with Crippen molar-refractivity contribution in [3.05, 3.63) is 90.2 Å². The molecule has 0 heterocycles. The van der Waals surface area contributed by atoms with Crippen LogP contribution in [0.2, 0.25) is 6.32 Å². The lowest BCUT2D eigenvalue weighted by atomic mass is 9.14. The Kier molecular flexibility index (Phi) is 18.3. The molecule has 0 fully saturated rings. The Balaban J connectivity index is 0.000000358. The van der Waals surface area contributed by atoms with Crippen molar-refractivity contribution in [2.75, 3.05) is 26.2 Å². The molecule has 45 heavy (non-hydrogen) atoms. The molecule has 0 atom stereocenters. The van der Waals surface area contributed by atoms with E-state index in [9.17, 15) is 13.2 Å². The van der Waals surface area contributed by atoms with Crippen molar-refractivity contribution < 1.29 is 17.7 Å². The third kappa shape index (κ3) is 12.3. The van der Waals surface area contributed by atoms with Gasteiger partial charge in [-0.05, 0) is 62.1 Å². The molecule has 0 aliphatic rings. The van der Waals surface area contributed by atoms with E-state index in [1.807, 2.05) is 36.4 Å². The zero-order valence-corrected chi connectivity index (χ0v) is 29.1. The van der Waals surface area contributed by atoms with Gasteiger partial charge in [-0.2, -0.15) is 22.7 Å². The molecule has 0 amide bonds. The molecule has 0 saturated carbocycles. The summed E-state index contributed by atoms with van der Waals surface area (Å²) in [5, 5.41) is 0. The van der Waals surface area contributed by atoms with E-state index in [2.05, 4.69) is 34.6 Å². The van der Waals surface area contributed by atoms with Crippen LogP contribution >= 0.6 is 0 Å². The molecular weight excluding hydrogens is 562 g/mol. The van der Waals surface area contributed by atoms with E-state index >= 15 is 0 Å². The van der Waals surface area contributed by atoms with E-state index in [-0.39, 0.29) is 17.5 Å². The molecule has 250 valence electrons. The SMILES string of the molecule is CCCCCC[B-](c1ccc(F)cc1)(c1ccc(F)cc1)c1ccc(F)cc1.CCCC[N+](CCCC)(CCCC)CCCC. The topological polar surface area (TPSA) is 0 Å². The zero-order chi connectivity index (χ0) is 33.0. The third-order valence-electron chi connectivity index (χ3n) is 9.75. The summed E-state index contributed by atoms with van der Waals surface area (Å²) in [6, 6.07) is 19.6. The summed E-state index contributed by atoms with van der Waals surface area (Å²) in [6.45, 7) is 17.2. The molecule has 0 aromatic heterocycles. The molecule has 5 heteroatoms. The van der Waals surface area contributed by atoms with E-state index in [4.69, 9.17) is 0 Å². The minimum absolute atomic E-state index is 0.294. The maximum Gasteiger partial charge on any atom is 0.122 e. The second-order valence-corrected chi connectivity index (χ2v) is 13.2. The molecular formula is C40H61BF3N. The second-order valence-electron chi connectivity index (χ2n) is 13.2. The first-order valence-electron chi connectivity index (χ1n) is 18.1. The fourth-order valence-corrected chi connectivity index (χ4v) is 6.97. The van der Waals surface area contributed by atoms with Crippen LogP contribution in [0.15, 0.2) is 72.8 Å².